The number of rotatable bonds is 12. The average Bonchev–Trinajstić information content (AvgIpc) is 3.43. The number of piperazine rings is 1. The van der Waals surface area contributed by atoms with Gasteiger partial charge in [0.15, 0.2) is 21.3 Å². The Labute approximate surface area is 365 Å². The van der Waals surface area contributed by atoms with E-state index in [9.17, 15) is 22.0 Å². The Hall–Kier alpha value is -5.23. The monoisotopic (exact) mass is 898 g/mol. The molecule has 2 aromatic heterocycles. The van der Waals surface area contributed by atoms with E-state index in [1.807, 2.05) is 25.7 Å². The zero-order chi connectivity index (χ0) is 44.4. The Morgan fingerprint density at radius 1 is 1.00 bits per heavy atom. The molecule has 1 saturated heterocycles. The number of nitrogens with zero attached hydrogens (tertiary/aromatic N) is 6. The molecule has 3 aliphatic rings. The number of fused-ring (bicyclic) bond motifs is 1. The fourth-order valence-electron chi connectivity index (χ4n) is 7.85. The molecule has 62 heavy (non-hydrogen) atoms. The van der Waals surface area contributed by atoms with Gasteiger partial charge in [0.2, 0.25) is 11.9 Å². The molecule has 2 fully saturated rings. The molecule has 19 heteroatoms. The van der Waals surface area contributed by atoms with Gasteiger partial charge in [-0.05, 0) is 81.3 Å². The summed E-state index contributed by atoms with van der Waals surface area (Å²) in [6.07, 6.45) is 3.85. The average molecular weight is 899 g/mol. The lowest BCUT2D eigenvalue weighted by Gasteiger charge is -2.35. The summed E-state index contributed by atoms with van der Waals surface area (Å²) < 4.78 is 76.6. The standard InChI is InChI=1S/C43H53ClF2N8O7S/c1-7-27-14-13-26(2)28(16-15-27)25-58-40-51-38(50-39(52-40)53-20-22-54(23-21-53)41(55)61-42(3,4)5)49-33-24-29(62(6,56)57)17-18-32(33)48-35(36-31(44)11-9-19-47-36)30-10-8-12-34-37(30)60-43(45,46)59-34/h8-12,17-19,24,26-28,35,48H,7,13-16,20-23,25H2,1-6H3,(H,49,50,51,52)/t26-,27-,28-,35+/m1/s1. The number of nitrogens with one attached hydrogen (secondary N) is 2. The number of pyridine rings is 1. The molecule has 1 saturated carbocycles. The van der Waals surface area contributed by atoms with Crippen LogP contribution in [0.3, 0.4) is 0 Å². The Bertz CT molecular complexity index is 2360. The van der Waals surface area contributed by atoms with Gasteiger partial charge >= 0.3 is 18.4 Å². The first-order chi connectivity index (χ1) is 29.4. The fraction of sp³-hybridized carbons (Fsp3) is 0.512. The Morgan fingerprint density at radius 3 is 2.47 bits per heavy atom. The van der Waals surface area contributed by atoms with Crippen molar-refractivity contribution in [2.75, 3.05) is 54.6 Å². The topological polar surface area (TPSA) is 170 Å². The summed E-state index contributed by atoms with van der Waals surface area (Å²) >= 11 is 6.69. The van der Waals surface area contributed by atoms with E-state index in [4.69, 9.17) is 40.5 Å². The number of alkyl halides is 2. The van der Waals surface area contributed by atoms with Gasteiger partial charge in [-0.25, -0.2) is 13.2 Å². The molecule has 2 N–H and O–H groups in total. The maximum absolute atomic E-state index is 14.5. The Morgan fingerprint density at radius 2 is 1.76 bits per heavy atom. The van der Waals surface area contributed by atoms with Crippen LogP contribution in [0, 0.1) is 17.8 Å². The largest absolute Gasteiger partial charge is 0.586 e. The predicted molar refractivity (Wildman–Crippen MR) is 230 cm³/mol. The summed E-state index contributed by atoms with van der Waals surface area (Å²) in [4.78, 5) is 35.1. The highest BCUT2D eigenvalue weighted by Gasteiger charge is 2.45. The molecular weight excluding hydrogens is 846 g/mol. The second kappa shape index (κ2) is 18.2. The molecule has 15 nitrogen and oxygen atoms in total. The Kier molecular flexibility index (Phi) is 13.2. The molecule has 0 unspecified atom stereocenters. The van der Waals surface area contributed by atoms with E-state index in [1.54, 1.807) is 23.1 Å². The highest BCUT2D eigenvalue weighted by molar-refractivity contribution is 7.90. The minimum Gasteiger partial charge on any atom is -0.463 e. The number of amides is 1. The van der Waals surface area contributed by atoms with Gasteiger partial charge in [-0.15, -0.1) is 8.78 Å². The van der Waals surface area contributed by atoms with Gasteiger partial charge in [0.1, 0.15) is 5.60 Å². The van der Waals surface area contributed by atoms with Crippen molar-refractivity contribution in [1.82, 2.24) is 24.8 Å². The molecule has 334 valence electrons. The van der Waals surface area contributed by atoms with Crippen molar-refractivity contribution in [3.63, 3.8) is 0 Å². The number of hydrogen-bond donors (Lipinski definition) is 2. The van der Waals surface area contributed by atoms with Crippen LogP contribution < -0.4 is 29.7 Å². The molecule has 0 bridgehead atoms. The first kappa shape index (κ1) is 44.8. The smallest absolute Gasteiger partial charge is 0.463 e. The first-order valence-electron chi connectivity index (χ1n) is 20.8. The molecule has 7 rings (SSSR count). The second-order valence-electron chi connectivity index (χ2n) is 17.1. The lowest BCUT2D eigenvalue weighted by atomic mass is 9.90. The van der Waals surface area contributed by atoms with Gasteiger partial charge < -0.3 is 39.4 Å². The summed E-state index contributed by atoms with van der Waals surface area (Å²) in [6.45, 7) is 11.8. The van der Waals surface area contributed by atoms with E-state index in [1.165, 1.54) is 42.9 Å². The molecule has 4 aromatic rings. The molecule has 1 aliphatic carbocycles. The molecule has 1 amide bonds. The number of hydrogen-bond acceptors (Lipinski definition) is 14. The third-order valence-electron chi connectivity index (χ3n) is 11.4. The van der Waals surface area contributed by atoms with Crippen molar-refractivity contribution in [2.24, 2.45) is 17.8 Å². The van der Waals surface area contributed by atoms with E-state index in [2.05, 4.69) is 34.4 Å². The van der Waals surface area contributed by atoms with E-state index in [0.717, 1.165) is 31.9 Å². The van der Waals surface area contributed by atoms with Crippen molar-refractivity contribution >= 4 is 50.8 Å². The van der Waals surface area contributed by atoms with Crippen LogP contribution >= 0.6 is 11.6 Å². The first-order valence-corrected chi connectivity index (χ1v) is 23.1. The van der Waals surface area contributed by atoms with Crippen molar-refractivity contribution in [2.45, 2.75) is 89.6 Å². The van der Waals surface area contributed by atoms with E-state index >= 15 is 0 Å². The normalized spacial score (nSPS) is 20.6. The number of ether oxygens (including phenoxy) is 4. The lowest BCUT2D eigenvalue weighted by Crippen LogP contribution is -2.50. The van der Waals surface area contributed by atoms with Gasteiger partial charge in [-0.2, -0.15) is 15.0 Å². The van der Waals surface area contributed by atoms with Gasteiger partial charge in [0.25, 0.3) is 0 Å². The van der Waals surface area contributed by atoms with E-state index in [-0.39, 0.29) is 62.2 Å². The van der Waals surface area contributed by atoms with Crippen LogP contribution in [0.2, 0.25) is 5.02 Å². The fourth-order valence-corrected chi connectivity index (χ4v) is 8.73. The number of benzene rings is 2. The van der Waals surface area contributed by atoms with Crippen LogP contribution in [0.4, 0.5) is 36.8 Å². The zero-order valence-corrected chi connectivity index (χ0v) is 37.2. The van der Waals surface area contributed by atoms with Crippen molar-refractivity contribution in [3.05, 3.63) is 71.0 Å². The van der Waals surface area contributed by atoms with Gasteiger partial charge in [0, 0.05) is 44.2 Å². The number of sulfone groups is 1. The van der Waals surface area contributed by atoms with Crippen molar-refractivity contribution in [1.29, 1.82) is 0 Å². The summed E-state index contributed by atoms with van der Waals surface area (Å²) in [7, 11) is -3.74. The molecule has 2 aliphatic heterocycles. The molecule has 4 heterocycles. The highest BCUT2D eigenvalue weighted by Crippen LogP contribution is 2.48. The maximum atomic E-state index is 14.5. The lowest BCUT2D eigenvalue weighted by molar-refractivity contribution is -0.287. The van der Waals surface area contributed by atoms with Crippen LogP contribution in [-0.4, -0.2) is 90.3 Å². The molecule has 4 atom stereocenters. The van der Waals surface area contributed by atoms with Gasteiger partial charge in [-0.3, -0.25) is 4.98 Å². The number of carbonyl (C=O) groups excluding carboxylic acids is 1. The van der Waals surface area contributed by atoms with Crippen molar-refractivity contribution in [3.8, 4) is 17.5 Å². The molecule has 0 radical (unpaired) electrons. The molecular formula is C43H53ClF2N8O7S. The number of anilines is 4. The van der Waals surface area contributed by atoms with E-state index in [0.29, 0.717) is 50.3 Å². The third kappa shape index (κ3) is 10.9. The SMILES string of the molecule is CC[C@H]1CC[C@H](COc2nc(Nc3cc(S(C)(=O)=O)ccc3N[C@@H](c3cccc4c3OC(F)(F)O4)c3ncccc3Cl)nc(N3CCN(C(=O)OC(C)(C)C)CC3)n2)[C@H](C)CC1. The molecule has 0 spiro atoms. The number of halogens is 3. The zero-order valence-electron chi connectivity index (χ0n) is 35.7. The van der Waals surface area contributed by atoms with Crippen LogP contribution in [0.15, 0.2) is 59.6 Å². The van der Waals surface area contributed by atoms with Gasteiger partial charge in [-0.1, -0.05) is 63.3 Å². The quantitative estimate of drug-likeness (QED) is 0.129. The van der Waals surface area contributed by atoms with Crippen LogP contribution in [0.25, 0.3) is 0 Å². The Balaban J connectivity index is 1.25. The third-order valence-corrected chi connectivity index (χ3v) is 12.8. The number of para-hydroxylation sites is 1. The summed E-state index contributed by atoms with van der Waals surface area (Å²) in [5, 5.41) is 6.77. The second-order valence-corrected chi connectivity index (χ2v) is 19.5. The van der Waals surface area contributed by atoms with Crippen LogP contribution in [-0.2, 0) is 14.6 Å². The minimum absolute atomic E-state index is 0.0216. The number of aromatic nitrogens is 4. The minimum atomic E-state index is -3.91. The van der Waals surface area contributed by atoms with E-state index < -0.39 is 33.9 Å². The summed E-state index contributed by atoms with van der Waals surface area (Å²) in [5.41, 5.74) is 0.355. The molecule has 2 aromatic carbocycles. The van der Waals surface area contributed by atoms with Crippen molar-refractivity contribution < 1.29 is 40.9 Å². The highest BCUT2D eigenvalue weighted by atomic mass is 35.5. The van der Waals surface area contributed by atoms with Crippen LogP contribution in [0.1, 0.15) is 84.0 Å². The maximum Gasteiger partial charge on any atom is 0.586 e. The van der Waals surface area contributed by atoms with Gasteiger partial charge in [0.05, 0.1) is 39.6 Å². The summed E-state index contributed by atoms with van der Waals surface area (Å²) in [6, 6.07) is 11.1. The summed E-state index contributed by atoms with van der Waals surface area (Å²) in [5.74, 6) is 1.33. The van der Waals surface area contributed by atoms with Crippen LogP contribution in [0.5, 0.6) is 17.5 Å². The predicted octanol–water partition coefficient (Wildman–Crippen LogP) is 8.88. The number of carbonyl (C=O) groups is 1.